The first-order valence-electron chi connectivity index (χ1n) is 8.10. The Labute approximate surface area is 143 Å². The summed E-state index contributed by atoms with van der Waals surface area (Å²) in [6.07, 6.45) is 4.82. The zero-order valence-corrected chi connectivity index (χ0v) is 13.7. The highest BCUT2D eigenvalue weighted by Gasteiger charge is 2.23. The van der Waals surface area contributed by atoms with Gasteiger partial charge in [0.1, 0.15) is 5.65 Å². The number of pyridine rings is 1. The molecular formula is C20H16N2O3. The van der Waals surface area contributed by atoms with Gasteiger partial charge in [-0.3, -0.25) is 9.20 Å². The minimum atomic E-state index is -1.06. The molecule has 0 radical (unpaired) electrons. The van der Waals surface area contributed by atoms with Gasteiger partial charge in [-0.2, -0.15) is 0 Å². The summed E-state index contributed by atoms with van der Waals surface area (Å²) in [7, 11) is 0. The quantitative estimate of drug-likeness (QED) is 0.782. The Balaban J connectivity index is 1.90. The van der Waals surface area contributed by atoms with Crippen molar-refractivity contribution in [1.82, 2.24) is 9.38 Å². The summed E-state index contributed by atoms with van der Waals surface area (Å²) in [5.74, 6) is -1.06. The van der Waals surface area contributed by atoms with Gasteiger partial charge in [-0.25, -0.2) is 9.78 Å². The number of aromatic carboxylic acids is 1. The monoisotopic (exact) mass is 332 g/mol. The number of benzene rings is 1. The Bertz CT molecular complexity index is 1110. The molecule has 5 nitrogen and oxygen atoms in total. The number of fused-ring (bicyclic) bond motifs is 2. The zero-order chi connectivity index (χ0) is 17.6. The van der Waals surface area contributed by atoms with Crippen LogP contribution in [0.1, 0.15) is 39.2 Å². The highest BCUT2D eigenvalue weighted by molar-refractivity contribution is 5.88. The molecule has 25 heavy (non-hydrogen) atoms. The molecule has 2 heterocycles. The first-order chi connectivity index (χ1) is 12.0. The van der Waals surface area contributed by atoms with Crippen molar-refractivity contribution in [3.63, 3.8) is 0 Å². The minimum Gasteiger partial charge on any atom is -0.478 e. The van der Waals surface area contributed by atoms with Gasteiger partial charge in [0, 0.05) is 11.8 Å². The van der Waals surface area contributed by atoms with Crippen molar-refractivity contribution in [2.75, 3.05) is 0 Å². The van der Waals surface area contributed by atoms with Crippen molar-refractivity contribution in [1.29, 1.82) is 0 Å². The lowest BCUT2D eigenvalue weighted by molar-refractivity contribution is 0.0696. The molecule has 5 heteroatoms. The maximum Gasteiger partial charge on any atom is 0.337 e. The van der Waals surface area contributed by atoms with Gasteiger partial charge in [0.15, 0.2) is 0 Å². The lowest BCUT2D eigenvalue weighted by Crippen LogP contribution is -2.20. The number of rotatable bonds is 2. The Morgan fingerprint density at radius 1 is 1.20 bits per heavy atom. The Hall–Kier alpha value is -3.21. The van der Waals surface area contributed by atoms with Crippen molar-refractivity contribution >= 4 is 23.3 Å². The van der Waals surface area contributed by atoms with E-state index >= 15 is 0 Å². The molecule has 3 aromatic rings. The van der Waals surface area contributed by atoms with Crippen LogP contribution in [0.15, 0.2) is 47.4 Å². The predicted octanol–water partition coefficient (Wildman–Crippen LogP) is 3.19. The highest BCUT2D eigenvalue weighted by atomic mass is 16.4. The molecule has 1 aliphatic rings. The van der Waals surface area contributed by atoms with E-state index in [4.69, 9.17) is 5.11 Å². The molecule has 0 aliphatic heterocycles. The third-order valence-electron chi connectivity index (χ3n) is 4.63. The van der Waals surface area contributed by atoms with Crippen LogP contribution < -0.4 is 5.56 Å². The van der Waals surface area contributed by atoms with Crippen molar-refractivity contribution in [2.45, 2.75) is 19.8 Å². The fraction of sp³-hybridized carbons (Fsp3) is 0.150. The molecule has 0 unspecified atom stereocenters. The number of aryl methyl sites for hydroxylation is 1. The number of carbonyl (C=O) groups is 1. The molecule has 1 aliphatic carbocycles. The summed E-state index contributed by atoms with van der Waals surface area (Å²) in [4.78, 5) is 28.5. The van der Waals surface area contributed by atoms with Crippen LogP contribution >= 0.6 is 0 Å². The maximum atomic E-state index is 12.8. The van der Waals surface area contributed by atoms with E-state index in [0.29, 0.717) is 17.6 Å². The summed E-state index contributed by atoms with van der Waals surface area (Å²) in [6, 6.07) is 11.1. The predicted molar refractivity (Wildman–Crippen MR) is 95.8 cm³/mol. The summed E-state index contributed by atoms with van der Waals surface area (Å²) >= 11 is 0. The van der Waals surface area contributed by atoms with Crippen LogP contribution in [0.2, 0.25) is 0 Å². The molecule has 0 saturated heterocycles. The lowest BCUT2D eigenvalue weighted by Gasteiger charge is -2.07. The lowest BCUT2D eigenvalue weighted by atomic mass is 10.0. The fourth-order valence-electron chi connectivity index (χ4n) is 3.25. The van der Waals surface area contributed by atoms with E-state index in [1.165, 1.54) is 22.2 Å². The van der Waals surface area contributed by atoms with E-state index in [2.05, 4.69) is 24.1 Å². The largest absolute Gasteiger partial charge is 0.478 e. The number of carboxylic acid groups (broad SMARTS) is 1. The average Bonchev–Trinajstić information content (AvgIpc) is 3.00. The molecular weight excluding hydrogens is 316 g/mol. The molecule has 1 aromatic carbocycles. The molecule has 1 N–H and O–H groups in total. The number of allylic oxidation sites excluding steroid dienone is 1. The zero-order valence-electron chi connectivity index (χ0n) is 13.7. The molecule has 2 aromatic heterocycles. The van der Waals surface area contributed by atoms with E-state index in [1.807, 2.05) is 18.2 Å². The average molecular weight is 332 g/mol. The molecule has 0 atom stereocenters. The van der Waals surface area contributed by atoms with E-state index in [0.717, 1.165) is 23.3 Å². The van der Waals surface area contributed by atoms with Crippen molar-refractivity contribution < 1.29 is 9.90 Å². The van der Waals surface area contributed by atoms with Crippen molar-refractivity contribution in [2.24, 2.45) is 0 Å². The first kappa shape index (κ1) is 15.3. The topological polar surface area (TPSA) is 71.7 Å². The van der Waals surface area contributed by atoms with Gasteiger partial charge in [0.25, 0.3) is 5.56 Å². The first-order valence-corrected chi connectivity index (χ1v) is 8.10. The van der Waals surface area contributed by atoms with Crippen LogP contribution in [-0.4, -0.2) is 20.5 Å². The van der Waals surface area contributed by atoms with Gasteiger partial charge in [0.2, 0.25) is 0 Å². The molecule has 0 amide bonds. The van der Waals surface area contributed by atoms with E-state index in [1.54, 1.807) is 6.07 Å². The number of aromatic nitrogens is 2. The SMILES string of the molecule is Cc1ccccc1C=C1CCc2c1nc1ccc(C(=O)O)cn1c2=O. The van der Waals surface area contributed by atoms with Crippen LogP contribution in [0.5, 0.6) is 0 Å². The summed E-state index contributed by atoms with van der Waals surface area (Å²) in [6.45, 7) is 2.05. The standard InChI is InChI=1S/C20H16N2O3/c1-12-4-2-3-5-13(12)10-14-6-8-16-18(14)21-17-9-7-15(20(24)25)11-22(17)19(16)23/h2-5,7,9-11H,6,8H2,1H3,(H,24,25). The molecule has 4 rings (SSSR count). The van der Waals surface area contributed by atoms with Crippen molar-refractivity contribution in [3.8, 4) is 0 Å². The minimum absolute atomic E-state index is 0.0741. The van der Waals surface area contributed by atoms with Crippen molar-refractivity contribution in [3.05, 3.63) is 80.9 Å². The maximum absolute atomic E-state index is 12.8. The van der Waals surface area contributed by atoms with Crippen LogP contribution in [0.25, 0.3) is 17.3 Å². The normalized spacial score (nSPS) is 14.8. The van der Waals surface area contributed by atoms with E-state index < -0.39 is 5.97 Å². The molecule has 0 saturated carbocycles. The van der Waals surface area contributed by atoms with Gasteiger partial charge in [-0.05, 0) is 54.7 Å². The van der Waals surface area contributed by atoms with Crippen LogP contribution in [0.4, 0.5) is 0 Å². The second-order valence-electron chi connectivity index (χ2n) is 6.22. The highest BCUT2D eigenvalue weighted by Crippen LogP contribution is 2.31. The van der Waals surface area contributed by atoms with Gasteiger partial charge in [-0.1, -0.05) is 24.3 Å². The molecule has 0 bridgehead atoms. The van der Waals surface area contributed by atoms with E-state index in [9.17, 15) is 9.59 Å². The molecule has 124 valence electrons. The summed E-state index contributed by atoms with van der Waals surface area (Å²) in [5.41, 5.74) is 5.08. The third-order valence-corrected chi connectivity index (χ3v) is 4.63. The van der Waals surface area contributed by atoms with E-state index in [-0.39, 0.29) is 11.1 Å². The van der Waals surface area contributed by atoms with Gasteiger partial charge in [0.05, 0.1) is 11.3 Å². The molecule has 0 spiro atoms. The Kier molecular flexibility index (Phi) is 3.50. The van der Waals surface area contributed by atoms with Crippen LogP contribution in [0.3, 0.4) is 0 Å². The second kappa shape index (κ2) is 5.70. The number of carboxylic acids is 1. The Morgan fingerprint density at radius 2 is 2.00 bits per heavy atom. The molecule has 0 fully saturated rings. The smallest absolute Gasteiger partial charge is 0.337 e. The van der Waals surface area contributed by atoms with Gasteiger partial charge < -0.3 is 5.11 Å². The van der Waals surface area contributed by atoms with Crippen LogP contribution in [0, 0.1) is 6.92 Å². The van der Waals surface area contributed by atoms with Gasteiger partial charge >= 0.3 is 5.97 Å². The Morgan fingerprint density at radius 3 is 2.76 bits per heavy atom. The number of hydrogen-bond acceptors (Lipinski definition) is 3. The second-order valence-corrected chi connectivity index (χ2v) is 6.22. The fourth-order valence-corrected chi connectivity index (χ4v) is 3.25. The summed E-state index contributed by atoms with van der Waals surface area (Å²) in [5, 5.41) is 9.12. The number of hydrogen-bond donors (Lipinski definition) is 1. The third kappa shape index (κ3) is 2.54. The summed E-state index contributed by atoms with van der Waals surface area (Å²) < 4.78 is 1.33. The van der Waals surface area contributed by atoms with Crippen LogP contribution in [-0.2, 0) is 6.42 Å². The van der Waals surface area contributed by atoms with Gasteiger partial charge in [-0.15, -0.1) is 0 Å². The number of nitrogens with zero attached hydrogens (tertiary/aromatic N) is 2.